The predicted molar refractivity (Wildman–Crippen MR) is 128 cm³/mol. The summed E-state index contributed by atoms with van der Waals surface area (Å²) < 4.78 is 12.6. The topological polar surface area (TPSA) is 60.5 Å². The Labute approximate surface area is 189 Å². The number of rotatable bonds is 7. The maximum absolute atomic E-state index is 12.7. The Morgan fingerprint density at radius 1 is 1.03 bits per heavy atom. The molecule has 31 heavy (non-hydrogen) atoms. The molecule has 0 saturated carbocycles. The third-order valence-electron chi connectivity index (χ3n) is 4.72. The van der Waals surface area contributed by atoms with E-state index in [-0.39, 0.29) is 5.91 Å². The standard InChI is InChI=1S/C24H22N2O3S2/c1-15-5-4-6-16(11-15)14-30-24-26-19-9-8-18(13-22(19)31-24)25-23(27)17-7-10-20(28-2)21(12-17)29-3/h4-13H,14H2,1-3H3,(H,25,27). The summed E-state index contributed by atoms with van der Waals surface area (Å²) in [4.78, 5) is 17.4. The molecule has 1 amide bonds. The van der Waals surface area contributed by atoms with Crippen LogP contribution in [-0.4, -0.2) is 25.1 Å². The summed E-state index contributed by atoms with van der Waals surface area (Å²) in [6.45, 7) is 2.10. The van der Waals surface area contributed by atoms with Crippen LogP contribution in [0.25, 0.3) is 10.2 Å². The number of carbonyl (C=O) groups is 1. The zero-order valence-electron chi connectivity index (χ0n) is 17.5. The number of thioether (sulfide) groups is 1. The van der Waals surface area contributed by atoms with Gasteiger partial charge in [0.25, 0.3) is 5.91 Å². The fraction of sp³-hybridized carbons (Fsp3) is 0.167. The van der Waals surface area contributed by atoms with Crippen LogP contribution in [0.2, 0.25) is 0 Å². The normalized spacial score (nSPS) is 10.8. The Balaban J connectivity index is 1.47. The highest BCUT2D eigenvalue weighted by Gasteiger charge is 2.12. The second kappa shape index (κ2) is 9.41. The first-order chi connectivity index (χ1) is 15.1. The van der Waals surface area contributed by atoms with Crippen LogP contribution in [0.1, 0.15) is 21.5 Å². The number of hydrogen-bond donors (Lipinski definition) is 1. The van der Waals surface area contributed by atoms with Gasteiger partial charge in [-0.3, -0.25) is 4.79 Å². The van der Waals surface area contributed by atoms with Gasteiger partial charge in [-0.1, -0.05) is 41.6 Å². The van der Waals surface area contributed by atoms with Gasteiger partial charge in [0.1, 0.15) is 0 Å². The summed E-state index contributed by atoms with van der Waals surface area (Å²) in [5.41, 5.74) is 4.70. The molecule has 0 atom stereocenters. The molecule has 5 nitrogen and oxygen atoms in total. The molecule has 0 bridgehead atoms. The average Bonchev–Trinajstić information content (AvgIpc) is 3.19. The highest BCUT2D eigenvalue weighted by atomic mass is 32.2. The van der Waals surface area contributed by atoms with Gasteiger partial charge in [-0.05, 0) is 48.9 Å². The first-order valence-electron chi connectivity index (χ1n) is 9.68. The summed E-state index contributed by atoms with van der Waals surface area (Å²) in [7, 11) is 3.11. The van der Waals surface area contributed by atoms with Crippen LogP contribution < -0.4 is 14.8 Å². The molecule has 7 heteroatoms. The Morgan fingerprint density at radius 3 is 2.65 bits per heavy atom. The maximum atomic E-state index is 12.7. The molecule has 0 aliphatic carbocycles. The number of anilines is 1. The fourth-order valence-electron chi connectivity index (χ4n) is 3.17. The zero-order chi connectivity index (χ0) is 21.8. The molecule has 0 fully saturated rings. The molecular weight excluding hydrogens is 428 g/mol. The number of aromatic nitrogens is 1. The largest absolute Gasteiger partial charge is 0.493 e. The van der Waals surface area contributed by atoms with Crippen LogP contribution in [0.5, 0.6) is 11.5 Å². The van der Waals surface area contributed by atoms with Gasteiger partial charge in [-0.25, -0.2) is 4.98 Å². The van der Waals surface area contributed by atoms with E-state index in [1.54, 1.807) is 55.5 Å². The lowest BCUT2D eigenvalue weighted by Crippen LogP contribution is -2.12. The summed E-state index contributed by atoms with van der Waals surface area (Å²) in [5.74, 6) is 1.77. The number of fused-ring (bicyclic) bond motifs is 1. The molecule has 0 aliphatic heterocycles. The van der Waals surface area contributed by atoms with Crippen LogP contribution in [0.15, 0.2) is 65.0 Å². The van der Waals surface area contributed by atoms with E-state index >= 15 is 0 Å². The van der Waals surface area contributed by atoms with Crippen LogP contribution in [0.3, 0.4) is 0 Å². The molecule has 1 N–H and O–H groups in total. The minimum Gasteiger partial charge on any atom is -0.493 e. The van der Waals surface area contributed by atoms with Crippen molar-refractivity contribution >= 4 is 44.9 Å². The van der Waals surface area contributed by atoms with Crippen molar-refractivity contribution in [3.8, 4) is 11.5 Å². The number of thiazole rings is 1. The van der Waals surface area contributed by atoms with Crippen molar-refractivity contribution in [3.63, 3.8) is 0 Å². The van der Waals surface area contributed by atoms with Gasteiger partial charge in [0.2, 0.25) is 0 Å². The SMILES string of the molecule is COc1ccc(C(=O)Nc2ccc3nc(SCc4cccc(C)c4)sc3c2)cc1OC. The Bertz CT molecular complexity index is 1240. The number of carbonyl (C=O) groups excluding carboxylic acids is 1. The van der Waals surface area contributed by atoms with E-state index in [1.807, 2.05) is 18.2 Å². The molecule has 0 spiro atoms. The van der Waals surface area contributed by atoms with Crippen molar-refractivity contribution in [2.24, 2.45) is 0 Å². The minimum absolute atomic E-state index is 0.209. The van der Waals surface area contributed by atoms with Gasteiger partial charge < -0.3 is 14.8 Å². The van der Waals surface area contributed by atoms with Crippen LogP contribution in [0.4, 0.5) is 5.69 Å². The van der Waals surface area contributed by atoms with Crippen molar-refractivity contribution in [2.45, 2.75) is 17.0 Å². The van der Waals surface area contributed by atoms with E-state index < -0.39 is 0 Å². The van der Waals surface area contributed by atoms with E-state index in [0.29, 0.717) is 17.1 Å². The lowest BCUT2D eigenvalue weighted by molar-refractivity contribution is 0.102. The number of ether oxygens (including phenoxy) is 2. The summed E-state index contributed by atoms with van der Waals surface area (Å²) in [6, 6.07) is 19.4. The van der Waals surface area contributed by atoms with E-state index in [2.05, 4.69) is 36.5 Å². The van der Waals surface area contributed by atoms with Crippen molar-refractivity contribution in [3.05, 3.63) is 77.4 Å². The van der Waals surface area contributed by atoms with E-state index in [4.69, 9.17) is 14.5 Å². The average molecular weight is 451 g/mol. The third-order valence-corrected chi connectivity index (χ3v) is 6.95. The quantitative estimate of drug-likeness (QED) is 0.341. The minimum atomic E-state index is -0.209. The van der Waals surface area contributed by atoms with Crippen molar-refractivity contribution in [1.82, 2.24) is 4.98 Å². The number of nitrogens with one attached hydrogen (secondary N) is 1. The third kappa shape index (κ3) is 5.00. The van der Waals surface area contributed by atoms with Gasteiger partial charge in [0, 0.05) is 17.0 Å². The number of hydrogen-bond acceptors (Lipinski definition) is 6. The van der Waals surface area contributed by atoms with Gasteiger partial charge >= 0.3 is 0 Å². The molecule has 4 aromatic rings. The lowest BCUT2D eigenvalue weighted by Gasteiger charge is -2.10. The van der Waals surface area contributed by atoms with Crippen molar-refractivity contribution in [2.75, 3.05) is 19.5 Å². The summed E-state index contributed by atoms with van der Waals surface area (Å²) in [5, 5.41) is 2.95. The molecule has 0 radical (unpaired) electrons. The van der Waals surface area contributed by atoms with E-state index in [9.17, 15) is 4.79 Å². The molecule has 4 rings (SSSR count). The molecular formula is C24H22N2O3S2. The summed E-state index contributed by atoms with van der Waals surface area (Å²) >= 11 is 3.36. The van der Waals surface area contributed by atoms with Gasteiger partial charge in [-0.2, -0.15) is 0 Å². The van der Waals surface area contributed by atoms with Gasteiger partial charge in [0.15, 0.2) is 15.8 Å². The first-order valence-corrected chi connectivity index (χ1v) is 11.5. The zero-order valence-corrected chi connectivity index (χ0v) is 19.1. The molecule has 0 unspecified atom stereocenters. The van der Waals surface area contributed by atoms with Crippen molar-refractivity contribution < 1.29 is 14.3 Å². The number of aryl methyl sites for hydroxylation is 1. The highest BCUT2D eigenvalue weighted by molar-refractivity contribution is 8.00. The number of nitrogens with zero attached hydrogens (tertiary/aromatic N) is 1. The highest BCUT2D eigenvalue weighted by Crippen LogP contribution is 2.33. The van der Waals surface area contributed by atoms with Crippen LogP contribution in [-0.2, 0) is 5.75 Å². The number of benzene rings is 3. The maximum Gasteiger partial charge on any atom is 0.255 e. The molecule has 0 saturated heterocycles. The van der Waals surface area contributed by atoms with Crippen LogP contribution >= 0.6 is 23.1 Å². The lowest BCUT2D eigenvalue weighted by atomic mass is 10.2. The molecule has 158 valence electrons. The first kappa shape index (κ1) is 21.2. The Morgan fingerprint density at radius 2 is 1.87 bits per heavy atom. The fourth-order valence-corrected chi connectivity index (χ4v) is 5.22. The van der Waals surface area contributed by atoms with E-state index in [0.717, 1.165) is 26.0 Å². The monoisotopic (exact) mass is 450 g/mol. The smallest absolute Gasteiger partial charge is 0.255 e. The molecule has 3 aromatic carbocycles. The second-order valence-electron chi connectivity index (χ2n) is 6.96. The molecule has 1 aromatic heterocycles. The second-order valence-corrected chi connectivity index (χ2v) is 9.22. The Kier molecular flexibility index (Phi) is 6.44. The predicted octanol–water partition coefficient (Wildman–Crippen LogP) is 6.17. The number of methoxy groups -OCH3 is 2. The van der Waals surface area contributed by atoms with Crippen LogP contribution in [0, 0.1) is 6.92 Å². The molecule has 1 heterocycles. The van der Waals surface area contributed by atoms with Gasteiger partial charge in [0.05, 0.1) is 24.4 Å². The van der Waals surface area contributed by atoms with Gasteiger partial charge in [-0.15, -0.1) is 11.3 Å². The number of amides is 1. The van der Waals surface area contributed by atoms with Crippen molar-refractivity contribution in [1.29, 1.82) is 0 Å². The van der Waals surface area contributed by atoms with E-state index in [1.165, 1.54) is 11.1 Å². The molecule has 0 aliphatic rings. The Hall–Kier alpha value is -3.03. The summed E-state index contributed by atoms with van der Waals surface area (Å²) in [6.07, 6.45) is 0.